The minimum Gasteiger partial charge on any atom is -0.507 e. The number of carbonyl (C=O) groups excluding carboxylic acids is 2. The molecule has 0 aliphatic carbocycles. The lowest BCUT2D eigenvalue weighted by Gasteiger charge is -2.08. The van der Waals surface area contributed by atoms with E-state index in [1.165, 1.54) is 36.6 Å². The molecule has 0 saturated carbocycles. The molecule has 0 radical (unpaired) electrons. The molecule has 0 saturated heterocycles. The van der Waals surface area contributed by atoms with Crippen molar-refractivity contribution < 1.29 is 24.2 Å². The van der Waals surface area contributed by atoms with Gasteiger partial charge in [0.15, 0.2) is 11.7 Å². The van der Waals surface area contributed by atoms with Gasteiger partial charge in [-0.05, 0) is 32.0 Å². The van der Waals surface area contributed by atoms with Gasteiger partial charge in [0, 0.05) is 34.6 Å². The fraction of sp³-hybridized carbons (Fsp3) is 0.211. The maximum absolute atomic E-state index is 12.5. The number of hydrogen-bond acceptors (Lipinski definition) is 7. The van der Waals surface area contributed by atoms with Crippen LogP contribution < -0.4 is 4.74 Å². The highest BCUT2D eigenvalue weighted by atomic mass is 32.1. The van der Waals surface area contributed by atoms with E-state index < -0.39 is 12.6 Å². The van der Waals surface area contributed by atoms with Crippen molar-refractivity contribution in [2.45, 2.75) is 13.8 Å². The van der Waals surface area contributed by atoms with Gasteiger partial charge < -0.3 is 14.6 Å². The molecule has 0 amide bonds. The maximum Gasteiger partial charge on any atom is 0.342 e. The largest absolute Gasteiger partial charge is 0.507 e. The monoisotopic (exact) mass is 386 g/mol. The molecule has 3 aromatic rings. The number of benzene rings is 1. The predicted molar refractivity (Wildman–Crippen MR) is 100 cm³/mol. The lowest BCUT2D eigenvalue weighted by molar-refractivity contribution is 0.0471. The number of phenolic OH excluding ortho intramolecular Hbond substituents is 1. The van der Waals surface area contributed by atoms with Gasteiger partial charge in [0.2, 0.25) is 5.78 Å². The van der Waals surface area contributed by atoms with Crippen LogP contribution in [0.15, 0.2) is 35.8 Å². The molecule has 7 nitrogen and oxygen atoms in total. The summed E-state index contributed by atoms with van der Waals surface area (Å²) < 4.78 is 11.9. The molecular weight excluding hydrogens is 368 g/mol. The molecule has 2 aromatic heterocycles. The molecule has 0 spiro atoms. The Bertz CT molecular complexity index is 992. The van der Waals surface area contributed by atoms with Gasteiger partial charge in [-0.2, -0.15) is 0 Å². The number of hydrogen-bond donors (Lipinski definition) is 1. The van der Waals surface area contributed by atoms with E-state index in [0.717, 1.165) is 16.5 Å². The molecule has 27 heavy (non-hydrogen) atoms. The summed E-state index contributed by atoms with van der Waals surface area (Å²) in [5, 5.41) is 12.5. The number of aryl methyl sites for hydroxylation is 1. The maximum atomic E-state index is 12.5. The van der Waals surface area contributed by atoms with Gasteiger partial charge in [0.1, 0.15) is 17.1 Å². The first-order valence-electron chi connectivity index (χ1n) is 8.08. The van der Waals surface area contributed by atoms with Crippen LogP contribution in [0.5, 0.6) is 11.5 Å². The third-order valence-corrected chi connectivity index (χ3v) is 4.86. The highest BCUT2D eigenvalue weighted by molar-refractivity contribution is 7.12. The van der Waals surface area contributed by atoms with E-state index in [1.54, 1.807) is 12.3 Å². The number of rotatable bonds is 6. The molecule has 0 atom stereocenters. The highest BCUT2D eigenvalue weighted by Gasteiger charge is 2.20. The van der Waals surface area contributed by atoms with Crippen LogP contribution in [0.1, 0.15) is 32.1 Å². The number of methoxy groups -OCH3 is 1. The van der Waals surface area contributed by atoms with E-state index in [4.69, 9.17) is 9.47 Å². The minimum absolute atomic E-state index is 0.0307. The van der Waals surface area contributed by atoms with Crippen LogP contribution >= 0.6 is 11.3 Å². The molecule has 2 heterocycles. The van der Waals surface area contributed by atoms with E-state index in [2.05, 4.69) is 4.98 Å². The van der Waals surface area contributed by atoms with Gasteiger partial charge in [0.25, 0.3) is 0 Å². The van der Waals surface area contributed by atoms with Crippen LogP contribution in [0.2, 0.25) is 0 Å². The number of ketones is 1. The first kappa shape index (κ1) is 18.7. The first-order chi connectivity index (χ1) is 12.9. The normalized spacial score (nSPS) is 10.6. The molecule has 0 aliphatic heterocycles. The Morgan fingerprint density at radius 2 is 2.00 bits per heavy atom. The summed E-state index contributed by atoms with van der Waals surface area (Å²) in [5.41, 5.74) is 2.03. The highest BCUT2D eigenvalue weighted by Crippen LogP contribution is 2.25. The van der Waals surface area contributed by atoms with Crippen molar-refractivity contribution in [2.24, 2.45) is 0 Å². The summed E-state index contributed by atoms with van der Waals surface area (Å²) in [7, 11) is 1.45. The number of carbonyl (C=O) groups is 2. The van der Waals surface area contributed by atoms with Crippen molar-refractivity contribution in [2.75, 3.05) is 13.7 Å². The number of phenols is 1. The topological polar surface area (TPSA) is 90.7 Å². The van der Waals surface area contributed by atoms with Crippen molar-refractivity contribution >= 4 is 23.1 Å². The summed E-state index contributed by atoms with van der Waals surface area (Å²) in [5.74, 6) is -0.965. The van der Waals surface area contributed by atoms with Crippen molar-refractivity contribution in [3.63, 3.8) is 0 Å². The minimum atomic E-state index is -0.780. The zero-order valence-electron chi connectivity index (χ0n) is 15.1. The van der Waals surface area contributed by atoms with Gasteiger partial charge in [0.05, 0.1) is 7.11 Å². The van der Waals surface area contributed by atoms with Crippen LogP contribution in [0.3, 0.4) is 0 Å². The zero-order valence-corrected chi connectivity index (χ0v) is 15.9. The molecule has 8 heteroatoms. The van der Waals surface area contributed by atoms with E-state index in [0.29, 0.717) is 11.3 Å². The van der Waals surface area contributed by atoms with Gasteiger partial charge in [-0.15, -0.1) is 11.3 Å². The van der Waals surface area contributed by atoms with E-state index in [-0.39, 0.29) is 17.1 Å². The van der Waals surface area contributed by atoms with Gasteiger partial charge in [-0.1, -0.05) is 0 Å². The van der Waals surface area contributed by atoms with Crippen LogP contribution in [0.4, 0.5) is 0 Å². The number of aromatic hydroxyl groups is 1. The quantitative estimate of drug-likeness (QED) is 0.516. The second kappa shape index (κ2) is 7.63. The van der Waals surface area contributed by atoms with E-state index in [1.807, 2.05) is 23.8 Å². The summed E-state index contributed by atoms with van der Waals surface area (Å²) in [4.78, 5) is 29.0. The Morgan fingerprint density at radius 1 is 1.22 bits per heavy atom. The smallest absolute Gasteiger partial charge is 0.342 e. The lowest BCUT2D eigenvalue weighted by atomic mass is 10.1. The van der Waals surface area contributed by atoms with Gasteiger partial charge in [-0.3, -0.25) is 9.36 Å². The Labute approximate surface area is 159 Å². The lowest BCUT2D eigenvalue weighted by Crippen LogP contribution is -2.15. The molecular formula is C19H18N2O5S. The van der Waals surface area contributed by atoms with E-state index >= 15 is 0 Å². The summed E-state index contributed by atoms with van der Waals surface area (Å²) in [6, 6.07) is 5.97. The molecule has 1 aromatic carbocycles. The Hall–Kier alpha value is -3.13. The van der Waals surface area contributed by atoms with Crippen molar-refractivity contribution in [3.8, 4) is 16.6 Å². The molecule has 0 unspecified atom stereocenters. The first-order valence-corrected chi connectivity index (χ1v) is 8.96. The zero-order chi connectivity index (χ0) is 19.6. The molecule has 1 N–H and O–H groups in total. The Kier molecular flexibility index (Phi) is 5.27. The third kappa shape index (κ3) is 3.70. The molecule has 0 aliphatic rings. The van der Waals surface area contributed by atoms with Crippen LogP contribution in [0, 0.1) is 13.8 Å². The predicted octanol–water partition coefficient (Wildman–Crippen LogP) is 3.30. The second-order valence-corrected chi connectivity index (χ2v) is 6.69. The number of esters is 1. The standard InChI is InChI=1S/C19H18N2O5S/c1-11-8-15(12(2)21(11)19-20-6-7-27-19)17(23)10-26-18(24)14-5-4-13(25-3)9-16(14)22/h4-9,22H,10H2,1-3H3. The molecule has 140 valence electrons. The van der Waals surface area contributed by atoms with E-state index in [9.17, 15) is 14.7 Å². The summed E-state index contributed by atoms with van der Waals surface area (Å²) in [6.45, 7) is 3.28. The van der Waals surface area contributed by atoms with Crippen molar-refractivity contribution in [1.82, 2.24) is 9.55 Å². The average molecular weight is 386 g/mol. The van der Waals surface area contributed by atoms with Gasteiger partial charge in [-0.25, -0.2) is 9.78 Å². The van der Waals surface area contributed by atoms with Gasteiger partial charge >= 0.3 is 5.97 Å². The van der Waals surface area contributed by atoms with Crippen molar-refractivity contribution in [1.29, 1.82) is 0 Å². The van der Waals surface area contributed by atoms with Crippen LogP contribution in [0.25, 0.3) is 5.13 Å². The molecule has 3 rings (SSSR count). The fourth-order valence-corrected chi connectivity index (χ4v) is 3.51. The number of ether oxygens (including phenoxy) is 2. The number of thiazole rings is 1. The van der Waals surface area contributed by atoms with Crippen LogP contribution in [-0.4, -0.2) is 40.1 Å². The molecule has 0 fully saturated rings. The fourth-order valence-electron chi connectivity index (χ4n) is 2.76. The molecule has 0 bridgehead atoms. The summed E-state index contributed by atoms with van der Waals surface area (Å²) >= 11 is 1.47. The SMILES string of the molecule is COc1ccc(C(=O)OCC(=O)c2cc(C)n(-c3nccs3)c2C)c(O)c1. The number of Topliss-reactive ketones (excluding diaryl/α,β-unsaturated/α-hetero) is 1. The second-order valence-electron chi connectivity index (χ2n) is 5.82. The Balaban J connectivity index is 1.73. The summed E-state index contributed by atoms with van der Waals surface area (Å²) in [6.07, 6.45) is 1.70. The average Bonchev–Trinajstić information content (AvgIpc) is 3.26. The third-order valence-electron chi connectivity index (χ3n) is 4.10. The van der Waals surface area contributed by atoms with Crippen molar-refractivity contribution in [3.05, 3.63) is 58.4 Å². The Morgan fingerprint density at radius 3 is 2.63 bits per heavy atom. The number of nitrogens with zero attached hydrogens (tertiary/aromatic N) is 2. The number of aromatic nitrogens is 2. The van der Waals surface area contributed by atoms with Crippen LogP contribution in [-0.2, 0) is 4.74 Å².